The van der Waals surface area contributed by atoms with E-state index in [1.807, 2.05) is 0 Å². The van der Waals surface area contributed by atoms with Crippen molar-refractivity contribution < 1.29 is 24.3 Å². The van der Waals surface area contributed by atoms with Gasteiger partial charge in [0, 0.05) is 6.07 Å². The highest BCUT2D eigenvalue weighted by Crippen LogP contribution is 2.26. The molecule has 0 unspecified atom stereocenters. The van der Waals surface area contributed by atoms with Crippen LogP contribution in [0.3, 0.4) is 0 Å². The number of amides is 1. The molecule has 0 radical (unpaired) electrons. The monoisotopic (exact) mass is 469 g/mol. The van der Waals surface area contributed by atoms with Gasteiger partial charge in [0.15, 0.2) is 0 Å². The SMILES string of the molecule is O=C(ONc1ccc(N=NC(=O)c2ccc([N+](=O)[O-])cc2[N+](=O)[O-])cc1)c1ccccc1Cl. The Balaban J connectivity index is 1.66. The molecule has 3 aromatic rings. The fourth-order valence-corrected chi connectivity index (χ4v) is 2.72. The largest absolute Gasteiger partial charge is 0.364 e. The van der Waals surface area contributed by atoms with Gasteiger partial charge in [-0.3, -0.25) is 25.0 Å². The second kappa shape index (κ2) is 10.1. The van der Waals surface area contributed by atoms with Crippen molar-refractivity contribution >= 4 is 46.2 Å². The van der Waals surface area contributed by atoms with E-state index in [4.69, 9.17) is 16.4 Å². The van der Waals surface area contributed by atoms with Crippen molar-refractivity contribution in [1.29, 1.82) is 0 Å². The topological polar surface area (TPSA) is 166 Å². The summed E-state index contributed by atoms with van der Waals surface area (Å²) >= 11 is 5.93. The van der Waals surface area contributed by atoms with E-state index in [0.717, 1.165) is 12.1 Å². The Hall–Kier alpha value is -4.71. The molecule has 0 atom stereocenters. The lowest BCUT2D eigenvalue weighted by Gasteiger charge is -2.07. The molecule has 12 nitrogen and oxygen atoms in total. The van der Waals surface area contributed by atoms with Crippen LogP contribution in [0.4, 0.5) is 22.7 Å². The number of carbonyl (C=O) groups excluding carboxylic acids is 2. The molecule has 3 aromatic carbocycles. The van der Waals surface area contributed by atoms with Crippen LogP contribution in [0, 0.1) is 20.2 Å². The molecule has 0 spiro atoms. The van der Waals surface area contributed by atoms with Gasteiger partial charge in [-0.15, -0.1) is 10.2 Å². The maximum atomic E-state index is 12.2. The van der Waals surface area contributed by atoms with Crippen LogP contribution in [0.2, 0.25) is 5.02 Å². The number of halogens is 1. The summed E-state index contributed by atoms with van der Waals surface area (Å²) in [4.78, 5) is 49.4. The average molecular weight is 470 g/mol. The highest BCUT2D eigenvalue weighted by atomic mass is 35.5. The molecule has 0 bridgehead atoms. The van der Waals surface area contributed by atoms with Crippen molar-refractivity contribution in [3.63, 3.8) is 0 Å². The molecule has 33 heavy (non-hydrogen) atoms. The Morgan fingerprint density at radius 3 is 2.24 bits per heavy atom. The van der Waals surface area contributed by atoms with Gasteiger partial charge in [-0.2, -0.15) is 0 Å². The first-order valence-corrected chi connectivity index (χ1v) is 9.34. The number of nitro groups is 2. The predicted molar refractivity (Wildman–Crippen MR) is 116 cm³/mol. The van der Waals surface area contributed by atoms with Crippen molar-refractivity contribution in [2.24, 2.45) is 10.2 Å². The van der Waals surface area contributed by atoms with Gasteiger partial charge < -0.3 is 4.84 Å². The molecular formula is C20H12ClN5O7. The van der Waals surface area contributed by atoms with E-state index in [1.54, 1.807) is 18.2 Å². The minimum absolute atomic E-state index is 0.177. The summed E-state index contributed by atoms with van der Waals surface area (Å²) in [7, 11) is 0. The number of hydrogen-bond acceptors (Lipinski definition) is 9. The molecule has 1 N–H and O–H groups in total. The predicted octanol–water partition coefficient (Wildman–Crippen LogP) is 5.26. The van der Waals surface area contributed by atoms with Gasteiger partial charge in [0.1, 0.15) is 5.56 Å². The first kappa shape index (κ1) is 23.0. The average Bonchev–Trinajstić information content (AvgIpc) is 2.81. The van der Waals surface area contributed by atoms with Gasteiger partial charge >= 0.3 is 11.9 Å². The Labute approximate surface area is 189 Å². The van der Waals surface area contributed by atoms with E-state index in [1.165, 1.54) is 30.3 Å². The van der Waals surface area contributed by atoms with Gasteiger partial charge in [0.2, 0.25) is 0 Å². The molecule has 0 heterocycles. The lowest BCUT2D eigenvalue weighted by atomic mass is 10.1. The van der Waals surface area contributed by atoms with Gasteiger partial charge in [0.25, 0.3) is 11.4 Å². The summed E-state index contributed by atoms with van der Waals surface area (Å²) in [6.07, 6.45) is 0. The molecule has 166 valence electrons. The second-order valence-electron chi connectivity index (χ2n) is 6.24. The number of rotatable bonds is 7. The third-order valence-corrected chi connectivity index (χ3v) is 4.43. The first-order valence-electron chi connectivity index (χ1n) is 8.97. The number of nitrogens with zero attached hydrogens (tertiary/aromatic N) is 4. The van der Waals surface area contributed by atoms with Crippen molar-refractivity contribution in [3.8, 4) is 0 Å². The number of hydrogen-bond donors (Lipinski definition) is 1. The Kier molecular flexibility index (Phi) is 7.00. The van der Waals surface area contributed by atoms with Gasteiger partial charge in [-0.25, -0.2) is 10.3 Å². The standard InChI is InChI=1S/C20H12ClN5O7/c21-17-4-2-1-3-15(17)20(28)33-24-13-7-5-12(6-8-13)22-23-19(27)16-10-9-14(25(29)30)11-18(16)26(31)32/h1-11,24H. The number of non-ortho nitro benzene ring substituents is 1. The van der Waals surface area contributed by atoms with Crippen LogP contribution in [0.5, 0.6) is 0 Å². The Morgan fingerprint density at radius 2 is 1.61 bits per heavy atom. The lowest BCUT2D eigenvalue weighted by Crippen LogP contribution is -2.11. The highest BCUT2D eigenvalue weighted by Gasteiger charge is 2.24. The van der Waals surface area contributed by atoms with E-state index in [0.29, 0.717) is 11.8 Å². The minimum Gasteiger partial charge on any atom is -0.338 e. The smallest absolute Gasteiger partial charge is 0.338 e. The summed E-state index contributed by atoms with van der Waals surface area (Å²) in [5.41, 5.74) is 1.49. The zero-order valence-electron chi connectivity index (χ0n) is 16.4. The third kappa shape index (κ3) is 5.71. The molecule has 0 aliphatic heterocycles. The maximum Gasteiger partial charge on any atom is 0.364 e. The number of nitrogens with one attached hydrogen (secondary N) is 1. The Bertz CT molecular complexity index is 1280. The highest BCUT2D eigenvalue weighted by molar-refractivity contribution is 6.33. The Morgan fingerprint density at radius 1 is 0.909 bits per heavy atom. The molecule has 3 rings (SSSR count). The molecule has 13 heteroatoms. The first-order chi connectivity index (χ1) is 15.8. The summed E-state index contributed by atoms with van der Waals surface area (Å²) in [6.45, 7) is 0. The number of nitro benzene ring substituents is 2. The minimum atomic E-state index is -1.05. The van der Waals surface area contributed by atoms with Crippen LogP contribution in [0.1, 0.15) is 20.7 Å². The van der Waals surface area contributed by atoms with Crippen LogP contribution in [-0.4, -0.2) is 21.7 Å². The number of carbonyl (C=O) groups is 2. The maximum absolute atomic E-state index is 12.2. The summed E-state index contributed by atoms with van der Waals surface area (Å²) in [5.74, 6) is -1.74. The summed E-state index contributed by atoms with van der Waals surface area (Å²) < 4.78 is 0. The van der Waals surface area contributed by atoms with Crippen molar-refractivity contribution in [2.75, 3.05) is 5.48 Å². The second-order valence-corrected chi connectivity index (χ2v) is 6.65. The molecule has 0 aliphatic rings. The number of benzene rings is 3. The van der Waals surface area contributed by atoms with Gasteiger partial charge in [0.05, 0.1) is 37.9 Å². The molecule has 1 amide bonds. The van der Waals surface area contributed by atoms with E-state index in [-0.39, 0.29) is 16.3 Å². The lowest BCUT2D eigenvalue weighted by molar-refractivity contribution is -0.394. The van der Waals surface area contributed by atoms with E-state index >= 15 is 0 Å². The molecule has 0 fully saturated rings. The summed E-state index contributed by atoms with van der Waals surface area (Å²) in [6, 6.07) is 14.8. The van der Waals surface area contributed by atoms with E-state index < -0.39 is 38.7 Å². The molecule has 0 aromatic heterocycles. The zero-order chi connectivity index (χ0) is 24.0. The van der Waals surface area contributed by atoms with Crippen molar-refractivity contribution in [2.45, 2.75) is 0 Å². The zero-order valence-corrected chi connectivity index (χ0v) is 17.1. The number of azo groups is 1. The van der Waals surface area contributed by atoms with E-state index in [2.05, 4.69) is 15.7 Å². The van der Waals surface area contributed by atoms with Crippen LogP contribution < -0.4 is 5.48 Å². The van der Waals surface area contributed by atoms with E-state index in [9.17, 15) is 29.8 Å². The van der Waals surface area contributed by atoms with Crippen molar-refractivity contribution in [3.05, 3.63) is 103 Å². The molecule has 0 aliphatic carbocycles. The molecule has 0 saturated carbocycles. The summed E-state index contributed by atoms with van der Waals surface area (Å²) in [5, 5.41) is 29.3. The van der Waals surface area contributed by atoms with Gasteiger partial charge in [-0.05, 0) is 42.5 Å². The third-order valence-electron chi connectivity index (χ3n) is 4.10. The number of anilines is 1. The molecule has 0 saturated heterocycles. The fraction of sp³-hybridized carbons (Fsp3) is 0. The van der Waals surface area contributed by atoms with Crippen LogP contribution in [0.15, 0.2) is 77.0 Å². The van der Waals surface area contributed by atoms with Crippen LogP contribution in [-0.2, 0) is 4.84 Å². The quantitative estimate of drug-likeness (QED) is 0.277. The fourth-order valence-electron chi connectivity index (χ4n) is 2.51. The normalized spacial score (nSPS) is 10.6. The van der Waals surface area contributed by atoms with Crippen molar-refractivity contribution in [1.82, 2.24) is 0 Å². The van der Waals surface area contributed by atoms with Gasteiger partial charge in [-0.1, -0.05) is 23.7 Å². The van der Waals surface area contributed by atoms with Crippen LogP contribution in [0.25, 0.3) is 0 Å². The van der Waals surface area contributed by atoms with Crippen LogP contribution >= 0.6 is 11.6 Å². The molecular weight excluding hydrogens is 458 g/mol.